The van der Waals surface area contributed by atoms with Crippen molar-refractivity contribution in [2.45, 2.75) is 33.7 Å². The van der Waals surface area contributed by atoms with Crippen LogP contribution in [0.2, 0.25) is 0 Å². The van der Waals surface area contributed by atoms with Gasteiger partial charge in [-0.3, -0.25) is 0 Å². The predicted octanol–water partition coefficient (Wildman–Crippen LogP) is 3.46. The van der Waals surface area contributed by atoms with E-state index < -0.39 is 0 Å². The Morgan fingerprint density at radius 3 is 2.56 bits per heavy atom. The van der Waals surface area contributed by atoms with Gasteiger partial charge in [0.1, 0.15) is 6.26 Å². The van der Waals surface area contributed by atoms with Crippen LogP contribution >= 0.6 is 0 Å². The molecular weight excluding hydrogens is 224 g/mol. The maximum Gasteiger partial charge on any atom is 0.226 e. The van der Waals surface area contributed by atoms with Crippen molar-refractivity contribution in [2.75, 3.05) is 6.54 Å². The molecule has 1 aromatic heterocycles. The third kappa shape index (κ3) is 3.20. The third-order valence-electron chi connectivity index (χ3n) is 2.75. The van der Waals surface area contributed by atoms with Crippen LogP contribution in [0.4, 0.5) is 0 Å². The molecule has 0 saturated carbocycles. The molecule has 0 unspecified atom stereocenters. The van der Waals surface area contributed by atoms with Crippen LogP contribution in [0, 0.1) is 13.8 Å². The molecule has 1 N–H and O–H groups in total. The molecule has 0 bridgehead atoms. The Morgan fingerprint density at radius 1 is 1.17 bits per heavy atom. The lowest BCUT2D eigenvalue weighted by atomic mass is 10.1. The Kier molecular flexibility index (Phi) is 4.15. The highest BCUT2D eigenvalue weighted by molar-refractivity contribution is 5.56. The quantitative estimate of drug-likeness (QED) is 0.818. The van der Waals surface area contributed by atoms with E-state index in [-0.39, 0.29) is 0 Å². The fourth-order valence-corrected chi connectivity index (χ4v) is 2.01. The van der Waals surface area contributed by atoms with Crippen molar-refractivity contribution in [3.05, 3.63) is 41.3 Å². The molecule has 0 fully saturated rings. The van der Waals surface area contributed by atoms with Crippen molar-refractivity contribution < 1.29 is 4.42 Å². The maximum atomic E-state index is 5.54. The van der Waals surface area contributed by atoms with Crippen LogP contribution in [-0.2, 0) is 6.54 Å². The Bertz CT molecular complexity index is 497. The zero-order valence-corrected chi connectivity index (χ0v) is 11.3. The van der Waals surface area contributed by atoms with Crippen LogP contribution in [0.3, 0.4) is 0 Å². The molecular formula is C15H20N2O. The SMILES string of the molecule is CCCNCc1coc(-c2cc(C)cc(C)c2)n1. The first-order valence-corrected chi connectivity index (χ1v) is 6.43. The molecule has 2 aromatic rings. The summed E-state index contributed by atoms with van der Waals surface area (Å²) in [6, 6.07) is 6.35. The molecule has 0 aliphatic rings. The van der Waals surface area contributed by atoms with Gasteiger partial charge >= 0.3 is 0 Å². The summed E-state index contributed by atoms with van der Waals surface area (Å²) in [5.41, 5.74) is 4.47. The van der Waals surface area contributed by atoms with Crippen molar-refractivity contribution in [3.63, 3.8) is 0 Å². The first-order valence-electron chi connectivity index (χ1n) is 6.43. The summed E-state index contributed by atoms with van der Waals surface area (Å²) in [7, 11) is 0. The second-order valence-corrected chi connectivity index (χ2v) is 4.70. The van der Waals surface area contributed by atoms with Gasteiger partial charge in [0.05, 0.1) is 5.69 Å². The average Bonchev–Trinajstić information content (AvgIpc) is 2.77. The van der Waals surface area contributed by atoms with Gasteiger partial charge in [0.15, 0.2) is 0 Å². The number of aromatic nitrogens is 1. The van der Waals surface area contributed by atoms with Crippen LogP contribution in [0.15, 0.2) is 28.9 Å². The van der Waals surface area contributed by atoms with E-state index in [1.54, 1.807) is 6.26 Å². The molecule has 0 aliphatic carbocycles. The Morgan fingerprint density at radius 2 is 1.89 bits per heavy atom. The standard InChI is InChI=1S/C15H20N2O/c1-4-5-16-9-14-10-18-15(17-14)13-7-11(2)6-12(3)8-13/h6-8,10,16H,4-5,9H2,1-3H3. The van der Waals surface area contributed by atoms with Crippen LogP contribution in [-0.4, -0.2) is 11.5 Å². The van der Waals surface area contributed by atoms with Gasteiger partial charge in [-0.05, 0) is 38.9 Å². The normalized spacial score (nSPS) is 10.8. The third-order valence-corrected chi connectivity index (χ3v) is 2.75. The average molecular weight is 244 g/mol. The highest BCUT2D eigenvalue weighted by Crippen LogP contribution is 2.21. The van der Waals surface area contributed by atoms with E-state index in [2.05, 4.69) is 49.3 Å². The molecule has 2 rings (SSSR count). The number of oxazole rings is 1. The molecule has 96 valence electrons. The van der Waals surface area contributed by atoms with Crippen molar-refractivity contribution in [2.24, 2.45) is 0 Å². The smallest absolute Gasteiger partial charge is 0.226 e. The summed E-state index contributed by atoms with van der Waals surface area (Å²) in [5, 5.41) is 3.32. The summed E-state index contributed by atoms with van der Waals surface area (Å²) in [4.78, 5) is 4.51. The Balaban J connectivity index is 2.13. The van der Waals surface area contributed by atoms with E-state index in [0.29, 0.717) is 5.89 Å². The van der Waals surface area contributed by atoms with Crippen molar-refractivity contribution in [1.29, 1.82) is 0 Å². The van der Waals surface area contributed by atoms with Gasteiger partial charge in [0.2, 0.25) is 5.89 Å². The molecule has 3 heteroatoms. The van der Waals surface area contributed by atoms with Gasteiger partial charge in [0.25, 0.3) is 0 Å². The molecule has 0 spiro atoms. The van der Waals surface area contributed by atoms with E-state index in [0.717, 1.165) is 30.8 Å². The van der Waals surface area contributed by atoms with Crippen LogP contribution in [0.25, 0.3) is 11.5 Å². The number of nitrogens with one attached hydrogen (secondary N) is 1. The number of rotatable bonds is 5. The molecule has 0 aliphatic heterocycles. The highest BCUT2D eigenvalue weighted by Gasteiger charge is 2.07. The van der Waals surface area contributed by atoms with Crippen LogP contribution < -0.4 is 5.32 Å². The number of benzene rings is 1. The lowest BCUT2D eigenvalue weighted by molar-refractivity contribution is 0.569. The predicted molar refractivity (Wildman–Crippen MR) is 73.4 cm³/mol. The minimum Gasteiger partial charge on any atom is -0.444 e. The van der Waals surface area contributed by atoms with Gasteiger partial charge in [-0.25, -0.2) is 4.98 Å². The minimum atomic E-state index is 0.704. The summed E-state index contributed by atoms with van der Waals surface area (Å²) in [5.74, 6) is 0.704. The number of nitrogens with zero attached hydrogens (tertiary/aromatic N) is 1. The summed E-state index contributed by atoms with van der Waals surface area (Å²) >= 11 is 0. The monoisotopic (exact) mass is 244 g/mol. The summed E-state index contributed by atoms with van der Waals surface area (Å²) < 4.78 is 5.54. The number of hydrogen-bond donors (Lipinski definition) is 1. The van der Waals surface area contributed by atoms with E-state index in [1.807, 2.05) is 0 Å². The Hall–Kier alpha value is -1.61. The van der Waals surface area contributed by atoms with Crippen molar-refractivity contribution >= 4 is 0 Å². The fraction of sp³-hybridized carbons (Fsp3) is 0.400. The van der Waals surface area contributed by atoms with Crippen molar-refractivity contribution in [1.82, 2.24) is 10.3 Å². The molecule has 0 saturated heterocycles. The van der Waals surface area contributed by atoms with E-state index in [9.17, 15) is 0 Å². The van der Waals surface area contributed by atoms with E-state index >= 15 is 0 Å². The second-order valence-electron chi connectivity index (χ2n) is 4.70. The van der Waals surface area contributed by atoms with Crippen molar-refractivity contribution in [3.8, 4) is 11.5 Å². The molecule has 0 radical (unpaired) electrons. The largest absolute Gasteiger partial charge is 0.444 e. The molecule has 0 amide bonds. The topological polar surface area (TPSA) is 38.1 Å². The Labute approximate surface area is 108 Å². The molecule has 3 nitrogen and oxygen atoms in total. The first kappa shape index (κ1) is 12.8. The van der Waals surface area contributed by atoms with Gasteiger partial charge in [0, 0.05) is 12.1 Å². The van der Waals surface area contributed by atoms with E-state index in [1.165, 1.54) is 11.1 Å². The zero-order chi connectivity index (χ0) is 13.0. The van der Waals surface area contributed by atoms with Gasteiger partial charge in [-0.1, -0.05) is 24.1 Å². The highest BCUT2D eigenvalue weighted by atomic mass is 16.3. The summed E-state index contributed by atoms with van der Waals surface area (Å²) in [6.07, 6.45) is 2.86. The van der Waals surface area contributed by atoms with Gasteiger partial charge in [-0.2, -0.15) is 0 Å². The summed E-state index contributed by atoms with van der Waals surface area (Å²) in [6.45, 7) is 8.09. The molecule has 0 atom stereocenters. The number of hydrogen-bond acceptors (Lipinski definition) is 3. The molecule has 18 heavy (non-hydrogen) atoms. The van der Waals surface area contributed by atoms with Crippen LogP contribution in [0.1, 0.15) is 30.2 Å². The minimum absolute atomic E-state index is 0.704. The molecule has 1 heterocycles. The fourth-order valence-electron chi connectivity index (χ4n) is 2.01. The first-order chi connectivity index (χ1) is 8.69. The second kappa shape index (κ2) is 5.83. The maximum absolute atomic E-state index is 5.54. The van der Waals surface area contributed by atoms with E-state index in [4.69, 9.17) is 4.42 Å². The molecule has 1 aromatic carbocycles. The lowest BCUT2D eigenvalue weighted by Gasteiger charge is -2.00. The zero-order valence-electron chi connectivity index (χ0n) is 11.3. The van der Waals surface area contributed by atoms with Crippen LogP contribution in [0.5, 0.6) is 0 Å². The van der Waals surface area contributed by atoms with Gasteiger partial charge < -0.3 is 9.73 Å². The van der Waals surface area contributed by atoms with Gasteiger partial charge in [-0.15, -0.1) is 0 Å². The number of aryl methyl sites for hydroxylation is 2. The lowest BCUT2D eigenvalue weighted by Crippen LogP contribution is -2.13.